The lowest BCUT2D eigenvalue weighted by molar-refractivity contribution is -0.214. The molecule has 6 heteroatoms. The lowest BCUT2D eigenvalue weighted by atomic mass is 9.69. The molecule has 1 fully saturated rings. The summed E-state index contributed by atoms with van der Waals surface area (Å²) in [6.07, 6.45) is -3.69. The van der Waals surface area contributed by atoms with Gasteiger partial charge in [-0.1, -0.05) is 37.3 Å². The summed E-state index contributed by atoms with van der Waals surface area (Å²) >= 11 is 0. The van der Waals surface area contributed by atoms with Crippen LogP contribution in [-0.2, 0) is 18.4 Å². The van der Waals surface area contributed by atoms with Gasteiger partial charge < -0.3 is 25.5 Å². The first-order valence-corrected chi connectivity index (χ1v) is 9.54. The van der Waals surface area contributed by atoms with Crippen LogP contribution >= 0.6 is 0 Å². The van der Waals surface area contributed by atoms with Crippen molar-refractivity contribution in [1.82, 2.24) is 0 Å². The Morgan fingerprint density at radius 1 is 0.964 bits per heavy atom. The molecule has 5 N–H and O–H groups in total. The largest absolute Gasteiger partial charge is 0.396 e. The maximum Gasteiger partial charge on any atom is 0.129 e. The van der Waals surface area contributed by atoms with Crippen LogP contribution in [0.2, 0.25) is 0 Å². The summed E-state index contributed by atoms with van der Waals surface area (Å²) in [5, 5.41) is 51.0. The molecule has 3 rings (SSSR count). The molecule has 0 amide bonds. The van der Waals surface area contributed by atoms with E-state index < -0.39 is 42.3 Å². The summed E-state index contributed by atoms with van der Waals surface area (Å²) in [7, 11) is 0. The van der Waals surface area contributed by atoms with Gasteiger partial charge in [-0.3, -0.25) is 0 Å². The monoisotopic (exact) mass is 390 g/mol. The van der Waals surface area contributed by atoms with Crippen molar-refractivity contribution >= 4 is 0 Å². The van der Waals surface area contributed by atoms with E-state index in [0.717, 1.165) is 17.5 Å². The van der Waals surface area contributed by atoms with Gasteiger partial charge in [0.1, 0.15) is 23.6 Å². The van der Waals surface area contributed by atoms with Crippen molar-refractivity contribution in [3.05, 3.63) is 70.5 Å². The van der Waals surface area contributed by atoms with Gasteiger partial charge in [-0.15, -0.1) is 0 Å². The molecule has 28 heavy (non-hydrogen) atoms. The quantitative estimate of drug-likeness (QED) is 0.529. The molecule has 5 atom stereocenters. The second-order valence-corrected chi connectivity index (χ2v) is 7.66. The number of aliphatic hydroxyl groups is 5. The highest BCUT2D eigenvalue weighted by molar-refractivity contribution is 5.36. The van der Waals surface area contributed by atoms with E-state index in [-0.39, 0.29) is 12.0 Å². The summed E-state index contributed by atoms with van der Waals surface area (Å²) < 4.78 is 14.6. The topological polar surface area (TPSA) is 101 Å². The SMILES string of the molecule is CCc1ccc(Cc2ccc(F)c(C3(O)CC(CO)[C@@H](O)C(O)C3O)c2)cc1. The average molecular weight is 390 g/mol. The molecule has 2 aromatic carbocycles. The molecule has 1 aliphatic rings. The molecular weight excluding hydrogens is 363 g/mol. The van der Waals surface area contributed by atoms with Gasteiger partial charge in [-0.25, -0.2) is 4.39 Å². The first kappa shape index (κ1) is 20.9. The van der Waals surface area contributed by atoms with E-state index in [9.17, 15) is 29.9 Å². The number of hydrogen-bond acceptors (Lipinski definition) is 5. The lowest BCUT2D eigenvalue weighted by Gasteiger charge is -2.46. The van der Waals surface area contributed by atoms with Crippen LogP contribution in [0.15, 0.2) is 42.5 Å². The molecule has 0 radical (unpaired) electrons. The number of benzene rings is 2. The number of aliphatic hydroxyl groups excluding tert-OH is 4. The van der Waals surface area contributed by atoms with Gasteiger partial charge in [-0.2, -0.15) is 0 Å². The summed E-state index contributed by atoms with van der Waals surface area (Å²) in [5.74, 6) is -1.60. The van der Waals surface area contributed by atoms with Crippen LogP contribution in [0.1, 0.15) is 35.6 Å². The fraction of sp³-hybridized carbons (Fsp3) is 0.455. The van der Waals surface area contributed by atoms with Crippen molar-refractivity contribution in [3.8, 4) is 0 Å². The molecule has 152 valence electrons. The summed E-state index contributed by atoms with van der Waals surface area (Å²) in [5.41, 5.74) is 0.716. The number of rotatable bonds is 5. The molecule has 1 aliphatic carbocycles. The first-order chi connectivity index (χ1) is 13.3. The Morgan fingerprint density at radius 2 is 1.57 bits per heavy atom. The van der Waals surface area contributed by atoms with Crippen molar-refractivity contribution in [3.63, 3.8) is 0 Å². The third-order valence-corrected chi connectivity index (χ3v) is 5.79. The van der Waals surface area contributed by atoms with Crippen LogP contribution in [0.5, 0.6) is 0 Å². The highest BCUT2D eigenvalue weighted by atomic mass is 19.1. The van der Waals surface area contributed by atoms with E-state index in [1.165, 1.54) is 17.7 Å². The van der Waals surface area contributed by atoms with Gasteiger partial charge in [0.25, 0.3) is 0 Å². The molecule has 0 aromatic heterocycles. The Kier molecular flexibility index (Phi) is 6.17. The zero-order valence-corrected chi connectivity index (χ0v) is 15.8. The molecule has 4 unspecified atom stereocenters. The highest BCUT2D eigenvalue weighted by Crippen LogP contribution is 2.41. The van der Waals surface area contributed by atoms with Crippen molar-refractivity contribution < 1.29 is 29.9 Å². The second-order valence-electron chi connectivity index (χ2n) is 7.66. The van der Waals surface area contributed by atoms with Gasteiger partial charge in [-0.05, 0) is 48.1 Å². The van der Waals surface area contributed by atoms with Crippen molar-refractivity contribution in [2.24, 2.45) is 5.92 Å². The smallest absolute Gasteiger partial charge is 0.129 e. The van der Waals surface area contributed by atoms with Crippen molar-refractivity contribution in [1.29, 1.82) is 0 Å². The average Bonchev–Trinajstić information content (AvgIpc) is 2.71. The molecule has 0 spiro atoms. The molecule has 1 saturated carbocycles. The zero-order valence-electron chi connectivity index (χ0n) is 15.8. The first-order valence-electron chi connectivity index (χ1n) is 9.54. The standard InChI is InChI=1S/C22H27FO5/c1-2-13-3-5-14(6-4-13)9-15-7-8-18(23)17(10-15)22(28)11-16(12-24)19(25)20(26)21(22)27/h3-8,10,16,19-21,24-28H,2,9,11-12H2,1H3/t16?,19-,20?,21?,22?/m1/s1. The predicted molar refractivity (Wildman–Crippen MR) is 102 cm³/mol. The van der Waals surface area contributed by atoms with Crippen LogP contribution in [-0.4, -0.2) is 50.5 Å². The normalized spacial score (nSPS) is 30.4. The van der Waals surface area contributed by atoms with E-state index in [1.807, 2.05) is 24.3 Å². The van der Waals surface area contributed by atoms with Crippen molar-refractivity contribution in [2.45, 2.75) is 50.1 Å². The maximum atomic E-state index is 14.6. The summed E-state index contributed by atoms with van der Waals surface area (Å²) in [4.78, 5) is 0. The number of aryl methyl sites for hydroxylation is 1. The minimum Gasteiger partial charge on any atom is -0.396 e. The van der Waals surface area contributed by atoms with E-state index in [0.29, 0.717) is 6.42 Å². The van der Waals surface area contributed by atoms with Crippen molar-refractivity contribution in [2.75, 3.05) is 6.61 Å². The molecule has 0 bridgehead atoms. The minimum absolute atomic E-state index is 0.146. The fourth-order valence-electron chi connectivity index (χ4n) is 3.97. The lowest BCUT2D eigenvalue weighted by Crippen LogP contribution is -2.60. The van der Waals surface area contributed by atoms with Crippen LogP contribution < -0.4 is 0 Å². The summed E-state index contributed by atoms with van der Waals surface area (Å²) in [6, 6.07) is 12.4. The van der Waals surface area contributed by atoms with E-state index in [2.05, 4.69) is 6.92 Å². The predicted octanol–water partition coefficient (Wildman–Crippen LogP) is 1.26. The molecule has 0 aliphatic heterocycles. The Morgan fingerprint density at radius 3 is 2.18 bits per heavy atom. The Balaban J connectivity index is 1.93. The van der Waals surface area contributed by atoms with Gasteiger partial charge in [0.15, 0.2) is 0 Å². The van der Waals surface area contributed by atoms with Gasteiger partial charge in [0.2, 0.25) is 0 Å². The molecule has 5 nitrogen and oxygen atoms in total. The fourth-order valence-corrected chi connectivity index (χ4v) is 3.97. The minimum atomic E-state index is -2.11. The third kappa shape index (κ3) is 3.83. The van der Waals surface area contributed by atoms with Crippen LogP contribution in [0.3, 0.4) is 0 Å². The summed E-state index contributed by atoms with van der Waals surface area (Å²) in [6.45, 7) is 1.57. The van der Waals surface area contributed by atoms with E-state index in [4.69, 9.17) is 0 Å². The van der Waals surface area contributed by atoms with Gasteiger partial charge in [0.05, 0.1) is 6.10 Å². The maximum absolute atomic E-state index is 14.6. The zero-order chi connectivity index (χ0) is 20.5. The second kappa shape index (κ2) is 8.27. The van der Waals surface area contributed by atoms with Gasteiger partial charge >= 0.3 is 0 Å². The molecule has 0 saturated heterocycles. The van der Waals surface area contributed by atoms with E-state index >= 15 is 0 Å². The molecule has 2 aromatic rings. The van der Waals surface area contributed by atoms with Gasteiger partial charge in [0, 0.05) is 18.1 Å². The van der Waals surface area contributed by atoms with Crippen LogP contribution in [0.25, 0.3) is 0 Å². The highest BCUT2D eigenvalue weighted by Gasteiger charge is 2.53. The molecule has 0 heterocycles. The van der Waals surface area contributed by atoms with Crippen LogP contribution in [0, 0.1) is 11.7 Å². The Bertz CT molecular complexity index is 807. The Labute approximate surface area is 163 Å². The van der Waals surface area contributed by atoms with E-state index in [1.54, 1.807) is 6.07 Å². The third-order valence-electron chi connectivity index (χ3n) is 5.79. The number of halogens is 1. The number of hydrogen-bond donors (Lipinski definition) is 5. The van der Waals surface area contributed by atoms with Crippen LogP contribution in [0.4, 0.5) is 4.39 Å². The Hall–Kier alpha value is -1.83. The molecular formula is C22H27FO5.